The van der Waals surface area contributed by atoms with Gasteiger partial charge in [0.15, 0.2) is 0 Å². The van der Waals surface area contributed by atoms with E-state index in [2.05, 4.69) is 10.3 Å². The summed E-state index contributed by atoms with van der Waals surface area (Å²) in [6, 6.07) is 9.60. The number of nitrogens with zero attached hydrogens (tertiary/aromatic N) is 1. The first-order valence-corrected chi connectivity index (χ1v) is 6.22. The molecule has 0 fully saturated rings. The predicted molar refractivity (Wildman–Crippen MR) is 73.2 cm³/mol. The molecule has 2 rings (SSSR count). The number of methoxy groups -OCH3 is 1. The number of rotatable bonds is 5. The summed E-state index contributed by atoms with van der Waals surface area (Å²) < 4.78 is 17.9. The fourth-order valence-electron chi connectivity index (χ4n) is 1.75. The van der Waals surface area contributed by atoms with E-state index in [0.717, 1.165) is 5.56 Å². The van der Waals surface area contributed by atoms with E-state index in [1.165, 1.54) is 25.4 Å². The maximum atomic E-state index is 13.0. The predicted octanol–water partition coefficient (Wildman–Crippen LogP) is 2.20. The van der Waals surface area contributed by atoms with Crippen LogP contribution in [0.3, 0.4) is 0 Å². The molecule has 0 aliphatic heterocycles. The number of hydrogen-bond acceptors (Lipinski definition) is 3. The van der Waals surface area contributed by atoms with Gasteiger partial charge in [0.1, 0.15) is 5.82 Å². The van der Waals surface area contributed by atoms with Crippen LogP contribution in [0.15, 0.2) is 42.6 Å². The Labute approximate surface area is 116 Å². The molecule has 5 heteroatoms. The van der Waals surface area contributed by atoms with E-state index in [9.17, 15) is 9.18 Å². The lowest BCUT2D eigenvalue weighted by Gasteiger charge is -2.06. The molecule has 1 heterocycles. The van der Waals surface area contributed by atoms with Crippen LogP contribution < -0.4 is 10.1 Å². The highest BCUT2D eigenvalue weighted by Gasteiger charge is 2.05. The Morgan fingerprint density at radius 1 is 1.35 bits per heavy atom. The number of ether oxygens (including phenoxy) is 1. The van der Waals surface area contributed by atoms with Gasteiger partial charge in [0, 0.05) is 18.8 Å². The van der Waals surface area contributed by atoms with Crippen molar-refractivity contribution in [2.24, 2.45) is 0 Å². The zero-order valence-electron chi connectivity index (χ0n) is 11.1. The molecule has 0 aliphatic carbocycles. The summed E-state index contributed by atoms with van der Waals surface area (Å²) >= 11 is 0. The summed E-state index contributed by atoms with van der Waals surface area (Å²) in [5.41, 5.74) is 1.31. The second kappa shape index (κ2) is 6.65. The van der Waals surface area contributed by atoms with Gasteiger partial charge in [-0.15, -0.1) is 0 Å². The molecule has 0 saturated heterocycles. The zero-order valence-corrected chi connectivity index (χ0v) is 11.1. The Balaban J connectivity index is 1.85. The molecule has 104 valence electrons. The van der Waals surface area contributed by atoms with Gasteiger partial charge in [-0.05, 0) is 30.2 Å². The van der Waals surface area contributed by atoms with Crippen molar-refractivity contribution in [1.29, 1.82) is 0 Å². The molecule has 0 radical (unpaired) electrons. The van der Waals surface area contributed by atoms with E-state index in [0.29, 0.717) is 24.4 Å². The number of pyridine rings is 1. The molecule has 1 amide bonds. The minimum absolute atomic E-state index is 0.212. The van der Waals surface area contributed by atoms with Gasteiger partial charge in [-0.1, -0.05) is 12.1 Å². The van der Waals surface area contributed by atoms with Crippen molar-refractivity contribution < 1.29 is 13.9 Å². The lowest BCUT2D eigenvalue weighted by atomic mass is 10.1. The Morgan fingerprint density at radius 2 is 2.20 bits per heavy atom. The summed E-state index contributed by atoms with van der Waals surface area (Å²) in [7, 11) is 1.51. The molecule has 1 aromatic heterocycles. The topological polar surface area (TPSA) is 51.2 Å². The normalized spacial score (nSPS) is 10.1. The van der Waals surface area contributed by atoms with Crippen LogP contribution >= 0.6 is 0 Å². The van der Waals surface area contributed by atoms with Crippen molar-refractivity contribution in [2.75, 3.05) is 13.7 Å². The van der Waals surface area contributed by atoms with Gasteiger partial charge in [0.25, 0.3) is 5.91 Å². The molecule has 0 aliphatic rings. The quantitative estimate of drug-likeness (QED) is 0.909. The standard InChI is InChI=1S/C15H15FN2O2/c1-20-14-6-5-12(10-18-14)15(19)17-8-7-11-3-2-4-13(16)9-11/h2-6,9-10H,7-8H2,1H3,(H,17,19). The molecule has 1 N–H and O–H groups in total. The summed E-state index contributed by atoms with van der Waals surface area (Å²) in [5.74, 6) is -0.0222. The second-order valence-corrected chi connectivity index (χ2v) is 4.23. The second-order valence-electron chi connectivity index (χ2n) is 4.23. The monoisotopic (exact) mass is 274 g/mol. The molecular weight excluding hydrogens is 259 g/mol. The number of nitrogens with one attached hydrogen (secondary N) is 1. The van der Waals surface area contributed by atoms with E-state index in [1.807, 2.05) is 6.07 Å². The number of aromatic nitrogens is 1. The maximum absolute atomic E-state index is 13.0. The van der Waals surface area contributed by atoms with Gasteiger partial charge >= 0.3 is 0 Å². The molecular formula is C15H15FN2O2. The molecule has 0 saturated carbocycles. The molecule has 0 spiro atoms. The highest BCUT2D eigenvalue weighted by atomic mass is 19.1. The van der Waals surface area contributed by atoms with E-state index < -0.39 is 0 Å². The SMILES string of the molecule is COc1ccc(C(=O)NCCc2cccc(F)c2)cn1. The van der Waals surface area contributed by atoms with E-state index in [1.54, 1.807) is 18.2 Å². The first-order valence-electron chi connectivity index (χ1n) is 6.22. The number of amides is 1. The van der Waals surface area contributed by atoms with Crippen molar-refractivity contribution in [3.05, 3.63) is 59.5 Å². The molecule has 4 nitrogen and oxygen atoms in total. The van der Waals surface area contributed by atoms with Crippen LogP contribution in [0.5, 0.6) is 5.88 Å². The summed E-state index contributed by atoms with van der Waals surface area (Å²) in [6.07, 6.45) is 2.03. The average molecular weight is 274 g/mol. The number of halogens is 1. The third kappa shape index (κ3) is 3.78. The van der Waals surface area contributed by atoms with Crippen molar-refractivity contribution in [3.63, 3.8) is 0 Å². The number of carbonyl (C=O) groups is 1. The lowest BCUT2D eigenvalue weighted by molar-refractivity contribution is 0.0953. The van der Waals surface area contributed by atoms with Gasteiger partial charge in [-0.3, -0.25) is 4.79 Å². The Kier molecular flexibility index (Phi) is 4.65. The average Bonchev–Trinajstić information content (AvgIpc) is 2.47. The van der Waals surface area contributed by atoms with E-state index >= 15 is 0 Å². The number of carbonyl (C=O) groups excluding carboxylic acids is 1. The zero-order chi connectivity index (χ0) is 14.4. The van der Waals surface area contributed by atoms with Crippen LogP contribution in [0.1, 0.15) is 15.9 Å². The van der Waals surface area contributed by atoms with Crippen LogP contribution in [0.25, 0.3) is 0 Å². The van der Waals surface area contributed by atoms with Crippen molar-refractivity contribution in [3.8, 4) is 5.88 Å². The highest BCUT2D eigenvalue weighted by Crippen LogP contribution is 2.07. The minimum Gasteiger partial charge on any atom is -0.481 e. The van der Waals surface area contributed by atoms with E-state index in [-0.39, 0.29) is 11.7 Å². The van der Waals surface area contributed by atoms with Crippen LogP contribution in [0.2, 0.25) is 0 Å². The number of benzene rings is 1. The summed E-state index contributed by atoms with van der Waals surface area (Å²) in [6.45, 7) is 0.439. The molecule has 0 atom stereocenters. The molecule has 1 aromatic carbocycles. The van der Waals surface area contributed by atoms with Crippen LogP contribution in [-0.2, 0) is 6.42 Å². The van der Waals surface area contributed by atoms with Crippen molar-refractivity contribution >= 4 is 5.91 Å². The first-order chi connectivity index (χ1) is 9.69. The fraction of sp³-hybridized carbons (Fsp3) is 0.200. The molecule has 2 aromatic rings. The lowest BCUT2D eigenvalue weighted by Crippen LogP contribution is -2.25. The fourth-order valence-corrected chi connectivity index (χ4v) is 1.75. The van der Waals surface area contributed by atoms with Gasteiger partial charge in [-0.2, -0.15) is 0 Å². The minimum atomic E-state index is -0.270. The van der Waals surface area contributed by atoms with Gasteiger partial charge in [0.2, 0.25) is 5.88 Å². The van der Waals surface area contributed by atoms with Crippen LogP contribution in [0.4, 0.5) is 4.39 Å². The Morgan fingerprint density at radius 3 is 2.85 bits per heavy atom. The van der Waals surface area contributed by atoms with Crippen molar-refractivity contribution in [1.82, 2.24) is 10.3 Å². The van der Waals surface area contributed by atoms with Crippen molar-refractivity contribution in [2.45, 2.75) is 6.42 Å². The summed E-state index contributed by atoms with van der Waals surface area (Å²) in [5, 5.41) is 2.76. The third-order valence-electron chi connectivity index (χ3n) is 2.80. The largest absolute Gasteiger partial charge is 0.481 e. The van der Waals surface area contributed by atoms with E-state index in [4.69, 9.17) is 4.74 Å². The third-order valence-corrected chi connectivity index (χ3v) is 2.80. The number of hydrogen-bond donors (Lipinski definition) is 1. The van der Waals surface area contributed by atoms with Crippen LogP contribution in [-0.4, -0.2) is 24.5 Å². The first kappa shape index (κ1) is 14.0. The van der Waals surface area contributed by atoms with Gasteiger partial charge in [-0.25, -0.2) is 9.37 Å². The maximum Gasteiger partial charge on any atom is 0.252 e. The summed E-state index contributed by atoms with van der Waals surface area (Å²) in [4.78, 5) is 15.8. The smallest absolute Gasteiger partial charge is 0.252 e. The van der Waals surface area contributed by atoms with Gasteiger partial charge in [0.05, 0.1) is 12.7 Å². The Hall–Kier alpha value is -2.43. The Bertz CT molecular complexity index is 585. The molecule has 0 bridgehead atoms. The highest BCUT2D eigenvalue weighted by molar-refractivity contribution is 5.93. The van der Waals surface area contributed by atoms with Gasteiger partial charge < -0.3 is 10.1 Å². The van der Waals surface area contributed by atoms with Crippen LogP contribution in [0, 0.1) is 5.82 Å². The molecule has 20 heavy (non-hydrogen) atoms. The molecule has 0 unspecified atom stereocenters.